The van der Waals surface area contributed by atoms with Crippen molar-refractivity contribution < 1.29 is 24.5 Å². The van der Waals surface area contributed by atoms with Gasteiger partial charge < -0.3 is 19.7 Å². The van der Waals surface area contributed by atoms with Crippen LogP contribution in [-0.2, 0) is 14.3 Å². The van der Waals surface area contributed by atoms with Gasteiger partial charge in [0.05, 0.1) is 19.3 Å². The Bertz CT molecular complexity index is 178. The molecule has 0 aliphatic heterocycles. The molecule has 2 unspecified atom stereocenters. The molecule has 84 valence electrons. The molecule has 0 rings (SSSR count). The average Bonchev–Trinajstić information content (AvgIpc) is 2.11. The van der Waals surface area contributed by atoms with Gasteiger partial charge in [0.2, 0.25) is 0 Å². The van der Waals surface area contributed by atoms with Crippen LogP contribution in [-0.4, -0.2) is 47.7 Å². The van der Waals surface area contributed by atoms with E-state index in [2.05, 4.69) is 0 Å². The first kappa shape index (κ1) is 13.4. The van der Waals surface area contributed by atoms with Crippen molar-refractivity contribution in [3.05, 3.63) is 0 Å². The molecule has 0 saturated heterocycles. The highest BCUT2D eigenvalue weighted by atomic mass is 16.5. The average molecular weight is 206 g/mol. The van der Waals surface area contributed by atoms with Crippen LogP contribution >= 0.6 is 0 Å². The molecule has 0 aliphatic rings. The lowest BCUT2D eigenvalue weighted by molar-refractivity contribution is -0.165. The number of hydrogen-bond donors (Lipinski definition) is 2. The molecule has 0 aromatic carbocycles. The lowest BCUT2D eigenvalue weighted by Gasteiger charge is -2.20. The van der Waals surface area contributed by atoms with Gasteiger partial charge in [-0.05, 0) is 20.8 Å². The molecule has 0 fully saturated rings. The fourth-order valence-electron chi connectivity index (χ4n) is 0.698. The zero-order valence-electron chi connectivity index (χ0n) is 8.82. The Morgan fingerprint density at radius 2 is 2.14 bits per heavy atom. The topological polar surface area (TPSA) is 76.0 Å². The zero-order chi connectivity index (χ0) is 11.2. The summed E-state index contributed by atoms with van der Waals surface area (Å²) in [7, 11) is 0. The monoisotopic (exact) mass is 206 g/mol. The van der Waals surface area contributed by atoms with E-state index < -0.39 is 11.6 Å². The van der Waals surface area contributed by atoms with Crippen molar-refractivity contribution in [3.63, 3.8) is 0 Å². The van der Waals surface area contributed by atoms with Gasteiger partial charge in [0.15, 0.2) is 5.60 Å². The second kappa shape index (κ2) is 5.95. The molecule has 0 aromatic rings. The van der Waals surface area contributed by atoms with Gasteiger partial charge in [-0.1, -0.05) is 0 Å². The van der Waals surface area contributed by atoms with Gasteiger partial charge in [-0.2, -0.15) is 0 Å². The van der Waals surface area contributed by atoms with Gasteiger partial charge in [0.1, 0.15) is 0 Å². The Hall–Kier alpha value is -0.650. The minimum absolute atomic E-state index is 0.222. The number of aliphatic carboxylic acids is 1. The van der Waals surface area contributed by atoms with E-state index >= 15 is 0 Å². The highest BCUT2D eigenvalue weighted by Crippen LogP contribution is 2.06. The van der Waals surface area contributed by atoms with Crippen molar-refractivity contribution in [3.8, 4) is 0 Å². The van der Waals surface area contributed by atoms with Crippen molar-refractivity contribution in [2.45, 2.75) is 32.5 Å². The molecule has 0 radical (unpaired) electrons. The molecule has 0 heterocycles. The minimum Gasteiger partial charge on any atom is -0.479 e. The SMILES string of the molecule is CCOCC(C)OCC(C)(O)C(=O)O. The van der Waals surface area contributed by atoms with Gasteiger partial charge in [-0.15, -0.1) is 0 Å². The molecule has 2 N–H and O–H groups in total. The van der Waals surface area contributed by atoms with Crippen LogP contribution in [0.5, 0.6) is 0 Å². The van der Waals surface area contributed by atoms with Crippen LogP contribution in [0, 0.1) is 0 Å². The summed E-state index contributed by atoms with van der Waals surface area (Å²) in [4.78, 5) is 10.5. The van der Waals surface area contributed by atoms with E-state index in [1.54, 1.807) is 6.92 Å². The van der Waals surface area contributed by atoms with Crippen LogP contribution in [0.4, 0.5) is 0 Å². The number of carboxylic acids is 1. The largest absolute Gasteiger partial charge is 0.479 e. The van der Waals surface area contributed by atoms with Crippen LogP contribution in [0.3, 0.4) is 0 Å². The maximum Gasteiger partial charge on any atom is 0.337 e. The lowest BCUT2D eigenvalue weighted by Crippen LogP contribution is -2.41. The zero-order valence-corrected chi connectivity index (χ0v) is 8.82. The second-order valence-corrected chi connectivity index (χ2v) is 3.36. The van der Waals surface area contributed by atoms with Crippen LogP contribution < -0.4 is 0 Å². The number of rotatable bonds is 7. The summed E-state index contributed by atoms with van der Waals surface area (Å²) >= 11 is 0. The molecule has 0 aliphatic carbocycles. The normalized spacial score (nSPS) is 17.4. The van der Waals surface area contributed by atoms with Crippen molar-refractivity contribution in [1.29, 1.82) is 0 Å². The van der Waals surface area contributed by atoms with Crippen LogP contribution in [0.1, 0.15) is 20.8 Å². The third-order valence-electron chi connectivity index (χ3n) is 1.67. The number of aliphatic hydroxyl groups is 1. The molecule has 5 nitrogen and oxygen atoms in total. The van der Waals surface area contributed by atoms with E-state index in [-0.39, 0.29) is 12.7 Å². The van der Waals surface area contributed by atoms with Crippen LogP contribution in [0.2, 0.25) is 0 Å². The first-order valence-corrected chi connectivity index (χ1v) is 4.55. The number of carbonyl (C=O) groups is 1. The lowest BCUT2D eigenvalue weighted by atomic mass is 10.1. The fourth-order valence-corrected chi connectivity index (χ4v) is 0.698. The van der Waals surface area contributed by atoms with Crippen molar-refractivity contribution in [2.75, 3.05) is 19.8 Å². The molecule has 14 heavy (non-hydrogen) atoms. The molecule has 0 amide bonds. The third-order valence-corrected chi connectivity index (χ3v) is 1.67. The molecule has 0 spiro atoms. The minimum atomic E-state index is -1.83. The van der Waals surface area contributed by atoms with Gasteiger partial charge in [-0.3, -0.25) is 0 Å². The molecule has 0 saturated carbocycles. The maximum atomic E-state index is 10.5. The van der Waals surface area contributed by atoms with E-state index in [1.807, 2.05) is 6.92 Å². The highest BCUT2D eigenvalue weighted by molar-refractivity contribution is 5.76. The molecule has 5 heteroatoms. The van der Waals surface area contributed by atoms with E-state index in [4.69, 9.17) is 14.6 Å². The van der Waals surface area contributed by atoms with E-state index in [0.717, 1.165) is 0 Å². The van der Waals surface area contributed by atoms with Gasteiger partial charge in [-0.25, -0.2) is 4.79 Å². The van der Waals surface area contributed by atoms with Crippen molar-refractivity contribution >= 4 is 5.97 Å². The summed E-state index contributed by atoms with van der Waals surface area (Å²) in [6, 6.07) is 0. The summed E-state index contributed by atoms with van der Waals surface area (Å²) in [5.41, 5.74) is -1.83. The standard InChI is InChI=1S/C9H18O5/c1-4-13-5-7(2)14-6-9(3,12)8(10)11/h7,12H,4-6H2,1-3H3,(H,10,11). The Labute approximate surface area is 83.6 Å². The van der Waals surface area contributed by atoms with Crippen LogP contribution in [0.15, 0.2) is 0 Å². The highest BCUT2D eigenvalue weighted by Gasteiger charge is 2.30. The number of carboxylic acid groups (broad SMARTS) is 1. The summed E-state index contributed by atoms with van der Waals surface area (Å²) in [6.45, 7) is 5.56. The van der Waals surface area contributed by atoms with E-state index in [0.29, 0.717) is 13.2 Å². The van der Waals surface area contributed by atoms with E-state index in [9.17, 15) is 9.90 Å². The van der Waals surface area contributed by atoms with Gasteiger partial charge in [0.25, 0.3) is 0 Å². The molecule has 0 aromatic heterocycles. The van der Waals surface area contributed by atoms with Gasteiger partial charge >= 0.3 is 5.97 Å². The Kier molecular flexibility index (Phi) is 5.68. The summed E-state index contributed by atoms with van der Waals surface area (Å²) < 4.78 is 10.2. The van der Waals surface area contributed by atoms with Gasteiger partial charge in [0, 0.05) is 6.61 Å². The van der Waals surface area contributed by atoms with Crippen molar-refractivity contribution in [1.82, 2.24) is 0 Å². The third kappa shape index (κ3) is 5.16. The molecular weight excluding hydrogens is 188 g/mol. The first-order chi connectivity index (χ1) is 6.40. The van der Waals surface area contributed by atoms with Crippen molar-refractivity contribution in [2.24, 2.45) is 0 Å². The molecule has 0 bridgehead atoms. The maximum absolute atomic E-state index is 10.5. The van der Waals surface area contributed by atoms with Crippen LogP contribution in [0.25, 0.3) is 0 Å². The molecule has 2 atom stereocenters. The Morgan fingerprint density at radius 1 is 1.57 bits per heavy atom. The first-order valence-electron chi connectivity index (χ1n) is 4.55. The summed E-state index contributed by atoms with van der Waals surface area (Å²) in [5.74, 6) is -1.29. The predicted molar refractivity (Wildman–Crippen MR) is 50.2 cm³/mol. The predicted octanol–water partition coefficient (Wildman–Crippen LogP) is 0.264. The number of hydrogen-bond acceptors (Lipinski definition) is 4. The number of ether oxygens (including phenoxy) is 2. The summed E-state index contributed by atoms with van der Waals surface area (Å²) in [5, 5.41) is 17.9. The smallest absolute Gasteiger partial charge is 0.337 e. The van der Waals surface area contributed by atoms with E-state index in [1.165, 1.54) is 6.92 Å². The summed E-state index contributed by atoms with van der Waals surface area (Å²) in [6.07, 6.45) is -0.222. The molecular formula is C9H18O5. The Morgan fingerprint density at radius 3 is 2.57 bits per heavy atom. The second-order valence-electron chi connectivity index (χ2n) is 3.36. The Balaban J connectivity index is 3.75. The fraction of sp³-hybridized carbons (Fsp3) is 0.889. The quantitative estimate of drug-likeness (QED) is 0.625.